The van der Waals surface area contributed by atoms with Gasteiger partial charge in [0, 0.05) is 25.7 Å². The molecule has 3 nitrogen and oxygen atoms in total. The predicted molar refractivity (Wildman–Crippen MR) is 59.3 cm³/mol. The Morgan fingerprint density at radius 1 is 1.50 bits per heavy atom. The molecule has 0 aromatic heterocycles. The van der Waals surface area contributed by atoms with Gasteiger partial charge in [-0.15, -0.1) is 0 Å². The van der Waals surface area contributed by atoms with Crippen molar-refractivity contribution in [3.8, 4) is 0 Å². The zero-order valence-corrected chi connectivity index (χ0v) is 9.54. The van der Waals surface area contributed by atoms with Crippen LogP contribution in [0.1, 0.15) is 26.7 Å². The Labute approximate surface area is 87.6 Å². The maximum atomic E-state index is 5.88. The topological polar surface area (TPSA) is 38.5 Å². The molecule has 1 fully saturated rings. The highest BCUT2D eigenvalue weighted by Gasteiger charge is 2.24. The summed E-state index contributed by atoms with van der Waals surface area (Å²) < 4.78 is 5.47. The average molecular weight is 200 g/mol. The molecule has 0 spiro atoms. The third-order valence-corrected chi connectivity index (χ3v) is 2.95. The van der Waals surface area contributed by atoms with Crippen molar-refractivity contribution in [2.24, 2.45) is 11.7 Å². The van der Waals surface area contributed by atoms with E-state index in [0.29, 0.717) is 12.0 Å². The molecule has 14 heavy (non-hydrogen) atoms. The maximum absolute atomic E-state index is 5.88. The second kappa shape index (κ2) is 6.38. The Morgan fingerprint density at radius 2 is 2.29 bits per heavy atom. The fourth-order valence-corrected chi connectivity index (χ4v) is 1.93. The van der Waals surface area contributed by atoms with Gasteiger partial charge in [0.15, 0.2) is 0 Å². The molecule has 0 bridgehead atoms. The largest absolute Gasteiger partial charge is 0.380 e. The lowest BCUT2D eigenvalue weighted by Gasteiger charge is -2.17. The third kappa shape index (κ3) is 3.95. The van der Waals surface area contributed by atoms with E-state index in [4.69, 9.17) is 10.5 Å². The Hall–Kier alpha value is -0.120. The summed E-state index contributed by atoms with van der Waals surface area (Å²) in [6, 6.07) is 0.344. The van der Waals surface area contributed by atoms with Crippen LogP contribution in [0, 0.1) is 5.92 Å². The molecule has 1 aliphatic heterocycles. The minimum Gasteiger partial charge on any atom is -0.380 e. The van der Waals surface area contributed by atoms with Crippen LogP contribution in [0.4, 0.5) is 0 Å². The summed E-state index contributed by atoms with van der Waals surface area (Å²) in [6.07, 6.45) is 2.37. The second-order valence-electron chi connectivity index (χ2n) is 4.32. The molecule has 0 amide bonds. The lowest BCUT2D eigenvalue weighted by molar-refractivity contribution is 0.110. The van der Waals surface area contributed by atoms with E-state index < -0.39 is 0 Å². The van der Waals surface area contributed by atoms with Gasteiger partial charge in [-0.25, -0.2) is 0 Å². The van der Waals surface area contributed by atoms with Crippen molar-refractivity contribution in [3.63, 3.8) is 0 Å². The lowest BCUT2D eigenvalue weighted by Crippen LogP contribution is -2.31. The molecule has 1 rings (SSSR count). The quantitative estimate of drug-likeness (QED) is 0.652. The molecule has 0 radical (unpaired) electrons. The van der Waals surface area contributed by atoms with Gasteiger partial charge < -0.3 is 15.4 Å². The molecule has 2 N–H and O–H groups in total. The van der Waals surface area contributed by atoms with Crippen molar-refractivity contribution in [1.82, 2.24) is 4.90 Å². The van der Waals surface area contributed by atoms with Crippen LogP contribution < -0.4 is 5.73 Å². The highest BCUT2D eigenvalue weighted by Crippen LogP contribution is 2.17. The zero-order valence-electron chi connectivity index (χ0n) is 9.54. The van der Waals surface area contributed by atoms with Gasteiger partial charge in [-0.3, -0.25) is 0 Å². The molecule has 1 aliphatic rings. The molecular weight excluding hydrogens is 176 g/mol. The van der Waals surface area contributed by atoms with Crippen molar-refractivity contribution >= 4 is 0 Å². The van der Waals surface area contributed by atoms with E-state index >= 15 is 0 Å². The van der Waals surface area contributed by atoms with E-state index in [1.807, 2.05) is 0 Å². The Kier molecular flexibility index (Phi) is 5.45. The SMILES string of the molecule is CCCOCCN1CCC(C(C)N)C1. The number of ether oxygens (including phenoxy) is 1. The monoisotopic (exact) mass is 200 g/mol. The smallest absolute Gasteiger partial charge is 0.0593 e. The molecule has 2 atom stereocenters. The second-order valence-corrected chi connectivity index (χ2v) is 4.32. The molecule has 1 saturated heterocycles. The first-order valence-corrected chi connectivity index (χ1v) is 5.79. The summed E-state index contributed by atoms with van der Waals surface area (Å²) in [5, 5.41) is 0. The van der Waals surface area contributed by atoms with E-state index in [0.717, 1.165) is 32.7 Å². The van der Waals surface area contributed by atoms with Gasteiger partial charge in [0.05, 0.1) is 6.61 Å². The van der Waals surface area contributed by atoms with Crippen LogP contribution in [0.15, 0.2) is 0 Å². The molecule has 2 unspecified atom stereocenters. The maximum Gasteiger partial charge on any atom is 0.0593 e. The molecular formula is C11H24N2O. The summed E-state index contributed by atoms with van der Waals surface area (Å²) in [4.78, 5) is 2.46. The number of likely N-dealkylation sites (tertiary alicyclic amines) is 1. The first kappa shape index (κ1) is 12.0. The summed E-state index contributed by atoms with van der Waals surface area (Å²) in [5.41, 5.74) is 5.88. The van der Waals surface area contributed by atoms with Crippen LogP contribution in [0.25, 0.3) is 0 Å². The van der Waals surface area contributed by atoms with Crippen molar-refractivity contribution in [2.75, 3.05) is 32.8 Å². The molecule has 1 heterocycles. The van der Waals surface area contributed by atoms with Crippen LogP contribution in [0.2, 0.25) is 0 Å². The number of nitrogens with zero attached hydrogens (tertiary/aromatic N) is 1. The van der Waals surface area contributed by atoms with Crippen LogP contribution in [0.3, 0.4) is 0 Å². The van der Waals surface area contributed by atoms with Gasteiger partial charge >= 0.3 is 0 Å². The normalized spacial score (nSPS) is 25.5. The fourth-order valence-electron chi connectivity index (χ4n) is 1.93. The third-order valence-electron chi connectivity index (χ3n) is 2.95. The fraction of sp³-hybridized carbons (Fsp3) is 1.00. The van der Waals surface area contributed by atoms with Crippen LogP contribution >= 0.6 is 0 Å². The van der Waals surface area contributed by atoms with Gasteiger partial charge in [-0.05, 0) is 32.2 Å². The van der Waals surface area contributed by atoms with Crippen molar-refractivity contribution in [1.29, 1.82) is 0 Å². The van der Waals surface area contributed by atoms with E-state index in [2.05, 4.69) is 18.7 Å². The number of hydrogen-bond donors (Lipinski definition) is 1. The molecule has 0 aromatic carbocycles. The first-order valence-electron chi connectivity index (χ1n) is 5.79. The summed E-state index contributed by atoms with van der Waals surface area (Å²) in [6.45, 7) is 9.45. The molecule has 0 aliphatic carbocycles. The zero-order chi connectivity index (χ0) is 10.4. The molecule has 84 valence electrons. The van der Waals surface area contributed by atoms with Gasteiger partial charge in [0.25, 0.3) is 0 Å². The van der Waals surface area contributed by atoms with Crippen LogP contribution in [0.5, 0.6) is 0 Å². The van der Waals surface area contributed by atoms with Gasteiger partial charge in [-0.2, -0.15) is 0 Å². The summed E-state index contributed by atoms with van der Waals surface area (Å²) in [5.74, 6) is 0.696. The first-order chi connectivity index (χ1) is 6.74. The Bertz CT molecular complexity index is 150. The summed E-state index contributed by atoms with van der Waals surface area (Å²) >= 11 is 0. The van der Waals surface area contributed by atoms with E-state index in [1.165, 1.54) is 13.0 Å². The van der Waals surface area contributed by atoms with E-state index in [1.54, 1.807) is 0 Å². The number of rotatable bonds is 6. The minimum absolute atomic E-state index is 0.344. The van der Waals surface area contributed by atoms with Gasteiger partial charge in [-0.1, -0.05) is 6.92 Å². The van der Waals surface area contributed by atoms with Crippen LogP contribution in [-0.4, -0.2) is 43.8 Å². The number of nitrogens with two attached hydrogens (primary N) is 1. The number of hydrogen-bond acceptors (Lipinski definition) is 3. The van der Waals surface area contributed by atoms with Gasteiger partial charge in [0.1, 0.15) is 0 Å². The van der Waals surface area contributed by atoms with Crippen molar-refractivity contribution in [2.45, 2.75) is 32.7 Å². The Balaban J connectivity index is 2.04. The molecule has 0 aromatic rings. The van der Waals surface area contributed by atoms with Crippen molar-refractivity contribution < 1.29 is 4.74 Å². The molecule has 0 saturated carbocycles. The van der Waals surface area contributed by atoms with Crippen LogP contribution in [-0.2, 0) is 4.74 Å². The highest BCUT2D eigenvalue weighted by atomic mass is 16.5. The predicted octanol–water partition coefficient (Wildman–Crippen LogP) is 1.08. The molecule has 3 heteroatoms. The lowest BCUT2D eigenvalue weighted by atomic mass is 10.0. The minimum atomic E-state index is 0.344. The van der Waals surface area contributed by atoms with Crippen molar-refractivity contribution in [3.05, 3.63) is 0 Å². The van der Waals surface area contributed by atoms with E-state index in [-0.39, 0.29) is 0 Å². The van der Waals surface area contributed by atoms with E-state index in [9.17, 15) is 0 Å². The summed E-state index contributed by atoms with van der Waals surface area (Å²) in [7, 11) is 0. The standard InChI is InChI=1S/C11H24N2O/c1-3-7-14-8-6-13-5-4-11(9-13)10(2)12/h10-11H,3-9,12H2,1-2H3. The average Bonchev–Trinajstić information content (AvgIpc) is 2.61. The Morgan fingerprint density at radius 3 is 2.86 bits per heavy atom. The highest BCUT2D eigenvalue weighted by molar-refractivity contribution is 4.80. The van der Waals surface area contributed by atoms with Gasteiger partial charge in [0.2, 0.25) is 0 Å².